The molecule has 0 spiro atoms. The Bertz CT molecular complexity index is 428. The summed E-state index contributed by atoms with van der Waals surface area (Å²) in [5.41, 5.74) is 0. The number of rotatable bonds is 6. The Labute approximate surface area is 123 Å². The highest BCUT2D eigenvalue weighted by Gasteiger charge is 2.18. The van der Waals surface area contributed by atoms with Gasteiger partial charge in [0, 0.05) is 32.8 Å². The van der Waals surface area contributed by atoms with E-state index in [0.717, 1.165) is 19.6 Å². The third-order valence-corrected chi connectivity index (χ3v) is 3.30. The Morgan fingerprint density at radius 1 is 1.30 bits per heavy atom. The molecule has 2 rings (SSSR count). The van der Waals surface area contributed by atoms with Crippen LogP contribution in [0.1, 0.15) is 13.3 Å². The zero-order valence-corrected chi connectivity index (χ0v) is 12.4. The number of morpholine rings is 1. The highest BCUT2D eigenvalue weighted by Crippen LogP contribution is 2.17. The summed E-state index contributed by atoms with van der Waals surface area (Å²) in [5.74, 6) is 1.15. The Balaban J connectivity index is 2.17. The van der Waals surface area contributed by atoms with Gasteiger partial charge in [0.2, 0.25) is 17.2 Å². The lowest BCUT2D eigenvalue weighted by atomic mass is 10.4. The zero-order valence-electron chi connectivity index (χ0n) is 11.6. The standard InChI is InChI=1S/C12H20ClN5O2/c1-2-17(4-3-7-19)11-14-10(13)15-12(16-11)18-5-8-20-9-6-18/h19H,2-9H2,1H3. The minimum absolute atomic E-state index is 0.144. The first-order valence-corrected chi connectivity index (χ1v) is 7.22. The van der Waals surface area contributed by atoms with Crippen LogP contribution in [0, 0.1) is 0 Å². The summed E-state index contributed by atoms with van der Waals surface area (Å²) in [6.45, 7) is 6.44. The minimum atomic E-state index is 0.144. The summed E-state index contributed by atoms with van der Waals surface area (Å²) >= 11 is 6.01. The number of anilines is 2. The molecule has 0 atom stereocenters. The molecule has 0 saturated carbocycles. The molecule has 112 valence electrons. The molecule has 1 aliphatic heterocycles. The van der Waals surface area contributed by atoms with Gasteiger partial charge >= 0.3 is 0 Å². The average Bonchev–Trinajstić information content (AvgIpc) is 2.48. The molecule has 7 nitrogen and oxygen atoms in total. The van der Waals surface area contributed by atoms with Crippen LogP contribution in [0.25, 0.3) is 0 Å². The SMILES string of the molecule is CCN(CCCO)c1nc(Cl)nc(N2CCOCC2)n1. The first-order valence-electron chi connectivity index (χ1n) is 6.84. The first-order chi connectivity index (χ1) is 9.74. The molecule has 1 aliphatic rings. The van der Waals surface area contributed by atoms with Crippen LogP contribution in [0.15, 0.2) is 0 Å². The number of hydrogen-bond acceptors (Lipinski definition) is 7. The molecule has 0 unspecified atom stereocenters. The molecular formula is C12H20ClN5O2. The molecule has 1 aromatic heterocycles. The summed E-state index contributed by atoms with van der Waals surface area (Å²) in [6.07, 6.45) is 0.671. The smallest absolute Gasteiger partial charge is 0.231 e. The van der Waals surface area contributed by atoms with E-state index in [0.29, 0.717) is 38.1 Å². The summed E-state index contributed by atoms with van der Waals surface area (Å²) in [5, 5.41) is 9.14. The third-order valence-electron chi connectivity index (χ3n) is 3.13. The van der Waals surface area contributed by atoms with Gasteiger partial charge in [0.15, 0.2) is 0 Å². The molecule has 0 amide bonds. The Morgan fingerprint density at radius 3 is 2.70 bits per heavy atom. The van der Waals surface area contributed by atoms with Crippen LogP contribution in [0.2, 0.25) is 5.28 Å². The van der Waals surface area contributed by atoms with Crippen molar-refractivity contribution in [2.45, 2.75) is 13.3 Å². The van der Waals surface area contributed by atoms with E-state index in [1.165, 1.54) is 0 Å². The fourth-order valence-corrected chi connectivity index (χ4v) is 2.19. The van der Waals surface area contributed by atoms with Crippen molar-refractivity contribution in [3.63, 3.8) is 0 Å². The molecule has 1 saturated heterocycles. The predicted octanol–water partition coefficient (Wildman–Crippen LogP) is 0.570. The Hall–Kier alpha value is -1.18. The van der Waals surface area contributed by atoms with Gasteiger partial charge in [0.05, 0.1) is 13.2 Å². The van der Waals surface area contributed by atoms with E-state index in [4.69, 9.17) is 21.4 Å². The van der Waals surface area contributed by atoms with E-state index in [9.17, 15) is 0 Å². The summed E-state index contributed by atoms with van der Waals surface area (Å²) < 4.78 is 5.32. The maximum Gasteiger partial charge on any atom is 0.231 e. The van der Waals surface area contributed by atoms with Crippen molar-refractivity contribution < 1.29 is 9.84 Å². The second kappa shape index (κ2) is 7.56. The Kier molecular flexibility index (Phi) is 5.75. The highest BCUT2D eigenvalue weighted by molar-refractivity contribution is 6.28. The van der Waals surface area contributed by atoms with Gasteiger partial charge in [-0.25, -0.2) is 0 Å². The monoisotopic (exact) mass is 301 g/mol. The fraction of sp³-hybridized carbons (Fsp3) is 0.750. The molecule has 1 aromatic rings. The van der Waals surface area contributed by atoms with Gasteiger partial charge in [0.1, 0.15) is 0 Å². The lowest BCUT2D eigenvalue weighted by molar-refractivity contribution is 0.122. The normalized spacial score (nSPS) is 15.4. The summed E-state index contributed by atoms with van der Waals surface area (Å²) in [7, 11) is 0. The summed E-state index contributed by atoms with van der Waals surface area (Å²) in [4.78, 5) is 16.9. The maximum absolute atomic E-state index is 8.94. The average molecular weight is 302 g/mol. The molecule has 0 aliphatic carbocycles. The van der Waals surface area contributed by atoms with E-state index < -0.39 is 0 Å². The maximum atomic E-state index is 8.94. The molecular weight excluding hydrogens is 282 g/mol. The van der Waals surface area contributed by atoms with Crippen molar-refractivity contribution in [1.82, 2.24) is 15.0 Å². The van der Waals surface area contributed by atoms with Gasteiger partial charge < -0.3 is 19.6 Å². The van der Waals surface area contributed by atoms with Crippen LogP contribution < -0.4 is 9.80 Å². The van der Waals surface area contributed by atoms with E-state index in [-0.39, 0.29) is 11.9 Å². The molecule has 20 heavy (non-hydrogen) atoms. The van der Waals surface area contributed by atoms with Crippen LogP contribution in [0.4, 0.5) is 11.9 Å². The molecule has 0 radical (unpaired) electrons. The van der Waals surface area contributed by atoms with Crippen molar-refractivity contribution in [2.75, 3.05) is 55.8 Å². The van der Waals surface area contributed by atoms with Crippen molar-refractivity contribution in [2.24, 2.45) is 0 Å². The molecule has 8 heteroatoms. The van der Waals surface area contributed by atoms with Gasteiger partial charge in [-0.15, -0.1) is 0 Å². The fourth-order valence-electron chi connectivity index (χ4n) is 2.04. The number of halogens is 1. The predicted molar refractivity (Wildman–Crippen MR) is 77.5 cm³/mol. The molecule has 0 aromatic carbocycles. The van der Waals surface area contributed by atoms with Crippen molar-refractivity contribution in [3.05, 3.63) is 5.28 Å². The van der Waals surface area contributed by atoms with Crippen molar-refractivity contribution >= 4 is 23.5 Å². The van der Waals surface area contributed by atoms with Gasteiger partial charge in [-0.05, 0) is 24.9 Å². The van der Waals surface area contributed by atoms with Gasteiger partial charge in [-0.3, -0.25) is 0 Å². The van der Waals surface area contributed by atoms with Crippen LogP contribution in [0.5, 0.6) is 0 Å². The second-order valence-electron chi connectivity index (χ2n) is 4.46. The number of nitrogens with zero attached hydrogens (tertiary/aromatic N) is 5. The largest absolute Gasteiger partial charge is 0.396 e. The van der Waals surface area contributed by atoms with Crippen molar-refractivity contribution in [1.29, 1.82) is 0 Å². The molecule has 1 fully saturated rings. The van der Waals surface area contributed by atoms with E-state index in [1.807, 2.05) is 16.7 Å². The molecule has 2 heterocycles. The van der Waals surface area contributed by atoms with Crippen LogP contribution in [0.3, 0.4) is 0 Å². The Morgan fingerprint density at radius 2 is 2.05 bits per heavy atom. The topological polar surface area (TPSA) is 74.6 Å². The number of hydrogen-bond donors (Lipinski definition) is 1. The van der Waals surface area contributed by atoms with Crippen molar-refractivity contribution in [3.8, 4) is 0 Å². The van der Waals surface area contributed by atoms with Crippen LogP contribution in [-0.2, 0) is 4.74 Å². The van der Waals surface area contributed by atoms with Gasteiger partial charge in [-0.2, -0.15) is 15.0 Å². The van der Waals surface area contributed by atoms with E-state index >= 15 is 0 Å². The number of aliphatic hydroxyl groups is 1. The van der Waals surface area contributed by atoms with Gasteiger partial charge in [0.25, 0.3) is 0 Å². The van der Waals surface area contributed by atoms with E-state index in [1.54, 1.807) is 0 Å². The summed E-state index contributed by atoms with van der Waals surface area (Å²) in [6, 6.07) is 0. The number of aliphatic hydroxyl groups excluding tert-OH is 1. The van der Waals surface area contributed by atoms with Crippen LogP contribution >= 0.6 is 11.6 Å². The molecule has 0 bridgehead atoms. The lowest BCUT2D eigenvalue weighted by Crippen LogP contribution is -2.38. The van der Waals surface area contributed by atoms with E-state index in [2.05, 4.69) is 15.0 Å². The minimum Gasteiger partial charge on any atom is -0.396 e. The number of ether oxygens (including phenoxy) is 1. The third kappa shape index (κ3) is 3.91. The first kappa shape index (κ1) is 15.2. The quantitative estimate of drug-likeness (QED) is 0.823. The van der Waals surface area contributed by atoms with Gasteiger partial charge in [-0.1, -0.05) is 0 Å². The second-order valence-corrected chi connectivity index (χ2v) is 4.80. The molecule has 1 N–H and O–H groups in total. The van der Waals surface area contributed by atoms with Crippen LogP contribution in [-0.4, -0.2) is 66.1 Å². The zero-order chi connectivity index (χ0) is 14.4. The number of aromatic nitrogens is 3. The highest BCUT2D eigenvalue weighted by atomic mass is 35.5. The lowest BCUT2D eigenvalue weighted by Gasteiger charge is -2.28.